The summed E-state index contributed by atoms with van der Waals surface area (Å²) in [7, 11) is 0. The van der Waals surface area contributed by atoms with Gasteiger partial charge < -0.3 is 9.80 Å². The van der Waals surface area contributed by atoms with E-state index in [1.54, 1.807) is 0 Å². The van der Waals surface area contributed by atoms with Crippen LogP contribution in [0, 0.1) is 0 Å². The van der Waals surface area contributed by atoms with Gasteiger partial charge in [-0.3, -0.25) is 0 Å². The lowest BCUT2D eigenvalue weighted by molar-refractivity contribution is 1.29. The minimum Gasteiger partial charge on any atom is -0.309 e. The van der Waals surface area contributed by atoms with E-state index >= 15 is 0 Å². The van der Waals surface area contributed by atoms with Gasteiger partial charge in [-0.1, -0.05) is 231 Å². The predicted octanol–water partition coefficient (Wildman–Crippen LogP) is 18.8. The zero-order valence-electron chi connectivity index (χ0n) is 37.5. The van der Waals surface area contributed by atoms with Crippen molar-refractivity contribution in [2.24, 2.45) is 0 Å². The van der Waals surface area contributed by atoms with E-state index in [1.807, 2.05) is 0 Å². The Morgan fingerprint density at radius 3 is 1.07 bits per heavy atom. The molecule has 0 unspecified atom stereocenters. The molecule has 0 aliphatic rings. The minimum absolute atomic E-state index is 1.08. The van der Waals surface area contributed by atoms with Gasteiger partial charge in [0, 0.05) is 32.8 Å². The Bertz CT molecular complexity index is 3720. The van der Waals surface area contributed by atoms with Gasteiger partial charge in [0.15, 0.2) is 0 Å². The van der Waals surface area contributed by atoms with Crippen molar-refractivity contribution < 1.29 is 0 Å². The van der Waals surface area contributed by atoms with Gasteiger partial charge in [0.2, 0.25) is 0 Å². The first-order valence-electron chi connectivity index (χ1n) is 23.3. The van der Waals surface area contributed by atoms with Gasteiger partial charge in [-0.2, -0.15) is 0 Å². The summed E-state index contributed by atoms with van der Waals surface area (Å²) >= 11 is 0. The van der Waals surface area contributed by atoms with Crippen LogP contribution in [-0.2, 0) is 0 Å². The molecule has 0 saturated heterocycles. The van der Waals surface area contributed by atoms with Crippen molar-refractivity contribution in [1.82, 2.24) is 0 Å². The number of anilines is 6. The third-order valence-corrected chi connectivity index (χ3v) is 13.2. The van der Waals surface area contributed by atoms with E-state index in [-0.39, 0.29) is 0 Å². The summed E-state index contributed by atoms with van der Waals surface area (Å²) in [6, 6.07) is 102. The van der Waals surface area contributed by atoms with Crippen LogP contribution in [0.4, 0.5) is 34.1 Å². The Morgan fingerprint density at radius 1 is 0.176 bits per heavy atom. The normalized spacial score (nSPS) is 11.2. The predicted molar refractivity (Wildman–Crippen MR) is 290 cm³/mol. The van der Waals surface area contributed by atoms with Crippen LogP contribution in [0.3, 0.4) is 0 Å². The Morgan fingerprint density at radius 2 is 0.559 bits per heavy atom. The van der Waals surface area contributed by atoms with Gasteiger partial charge in [0.25, 0.3) is 0 Å². The minimum atomic E-state index is 1.08. The average molecular weight is 867 g/mol. The molecule has 0 saturated carbocycles. The van der Waals surface area contributed by atoms with Gasteiger partial charge in [0.05, 0.1) is 34.1 Å². The zero-order valence-corrected chi connectivity index (χ0v) is 37.5. The molecule has 2 heteroatoms. The van der Waals surface area contributed by atoms with Crippen LogP contribution in [0.15, 0.2) is 279 Å². The number of para-hydroxylation sites is 2. The lowest BCUT2D eigenvalue weighted by atomic mass is 9.92. The standard InChI is InChI=1S/C66H46N2/c1-5-23-47(24-6-1)53-43-54-44-59(52-29-11-4-12-30-52)66(68(64-42-22-34-51-32-14-16-36-58(51)64)62-40-20-18-38-56(62)49-27-9-3-10-28-49)46-60(54)65(45-53)67(63-41-21-33-50-31-13-15-35-57(50)63)61-39-19-17-37-55(61)48-25-7-2-8-26-48/h1-46H. The van der Waals surface area contributed by atoms with E-state index in [2.05, 4.69) is 289 Å². The van der Waals surface area contributed by atoms with E-state index < -0.39 is 0 Å². The molecule has 2 nitrogen and oxygen atoms in total. The second-order valence-corrected chi connectivity index (χ2v) is 17.3. The molecule has 0 spiro atoms. The number of hydrogen-bond donors (Lipinski definition) is 0. The maximum absolute atomic E-state index is 2.52. The summed E-state index contributed by atoms with van der Waals surface area (Å²) in [4.78, 5) is 5.03. The van der Waals surface area contributed by atoms with Crippen LogP contribution in [-0.4, -0.2) is 0 Å². The molecule has 0 fully saturated rings. The highest BCUT2D eigenvalue weighted by Gasteiger charge is 2.27. The lowest BCUT2D eigenvalue weighted by Crippen LogP contribution is -2.15. The topological polar surface area (TPSA) is 6.48 Å². The Labute approximate surface area is 397 Å². The summed E-state index contributed by atoms with van der Waals surface area (Å²) < 4.78 is 0. The van der Waals surface area contributed by atoms with Crippen LogP contribution < -0.4 is 9.80 Å². The molecule has 320 valence electrons. The number of nitrogens with zero attached hydrogens (tertiary/aromatic N) is 2. The number of fused-ring (bicyclic) bond motifs is 3. The first-order chi connectivity index (χ1) is 33.8. The first-order valence-corrected chi connectivity index (χ1v) is 23.3. The fourth-order valence-electron chi connectivity index (χ4n) is 10.0. The second-order valence-electron chi connectivity index (χ2n) is 17.3. The van der Waals surface area contributed by atoms with Crippen molar-refractivity contribution >= 4 is 66.4 Å². The van der Waals surface area contributed by atoms with Crippen LogP contribution in [0.1, 0.15) is 0 Å². The van der Waals surface area contributed by atoms with E-state index in [1.165, 1.54) is 21.5 Å². The Kier molecular flexibility index (Phi) is 10.6. The molecule has 0 bridgehead atoms. The summed E-state index contributed by atoms with van der Waals surface area (Å²) in [6.07, 6.45) is 0. The maximum atomic E-state index is 2.52. The molecule has 0 amide bonds. The first kappa shape index (κ1) is 40.5. The average Bonchev–Trinajstić information content (AvgIpc) is 3.42. The van der Waals surface area contributed by atoms with Gasteiger partial charge in [-0.05, 0) is 92.5 Å². The van der Waals surface area contributed by atoms with Crippen molar-refractivity contribution in [3.63, 3.8) is 0 Å². The monoisotopic (exact) mass is 866 g/mol. The summed E-state index contributed by atoms with van der Waals surface area (Å²) in [5.41, 5.74) is 15.7. The smallest absolute Gasteiger partial charge is 0.0547 e. The van der Waals surface area contributed by atoms with Crippen LogP contribution in [0.25, 0.3) is 76.8 Å². The lowest BCUT2D eigenvalue weighted by Gasteiger charge is -2.33. The van der Waals surface area contributed by atoms with E-state index in [9.17, 15) is 0 Å². The molecule has 12 rings (SSSR count). The van der Waals surface area contributed by atoms with E-state index in [0.717, 1.165) is 89.4 Å². The molecule has 12 aromatic rings. The van der Waals surface area contributed by atoms with Crippen LogP contribution in [0.5, 0.6) is 0 Å². The molecule has 68 heavy (non-hydrogen) atoms. The highest BCUT2D eigenvalue weighted by molar-refractivity contribution is 6.12. The number of hydrogen-bond acceptors (Lipinski definition) is 2. The molecule has 0 radical (unpaired) electrons. The maximum Gasteiger partial charge on any atom is 0.0547 e. The molecule has 0 aliphatic heterocycles. The van der Waals surface area contributed by atoms with Crippen LogP contribution >= 0.6 is 0 Å². The fourth-order valence-corrected chi connectivity index (χ4v) is 10.0. The third kappa shape index (κ3) is 7.45. The fraction of sp³-hybridized carbons (Fsp3) is 0. The highest BCUT2D eigenvalue weighted by Crippen LogP contribution is 2.52. The molecule has 0 aliphatic carbocycles. The molecule has 0 atom stereocenters. The quantitative estimate of drug-likeness (QED) is 0.135. The van der Waals surface area contributed by atoms with Crippen molar-refractivity contribution in [3.05, 3.63) is 279 Å². The number of benzene rings is 12. The van der Waals surface area contributed by atoms with E-state index in [0.29, 0.717) is 0 Å². The second kappa shape index (κ2) is 17.8. The van der Waals surface area contributed by atoms with Gasteiger partial charge in [-0.25, -0.2) is 0 Å². The van der Waals surface area contributed by atoms with Crippen molar-refractivity contribution in [2.45, 2.75) is 0 Å². The third-order valence-electron chi connectivity index (χ3n) is 13.2. The molecular formula is C66H46N2. The summed E-state index contributed by atoms with van der Waals surface area (Å²) in [5, 5.41) is 6.97. The molecular weight excluding hydrogens is 821 g/mol. The SMILES string of the molecule is c1ccc(-c2cc(N(c3ccccc3-c3ccccc3)c3cccc4ccccc34)c3cc(N(c4ccccc4-c4ccccc4)c4cccc5ccccc45)c(-c4ccccc4)cc3c2)cc1. The molecule has 0 N–H and O–H groups in total. The molecule has 12 aromatic carbocycles. The zero-order chi connectivity index (χ0) is 45.2. The van der Waals surface area contributed by atoms with E-state index in [4.69, 9.17) is 0 Å². The largest absolute Gasteiger partial charge is 0.309 e. The van der Waals surface area contributed by atoms with Crippen LogP contribution in [0.2, 0.25) is 0 Å². The van der Waals surface area contributed by atoms with Crippen molar-refractivity contribution in [1.29, 1.82) is 0 Å². The van der Waals surface area contributed by atoms with Crippen molar-refractivity contribution in [2.75, 3.05) is 9.80 Å². The molecule has 0 aromatic heterocycles. The molecule has 0 heterocycles. The van der Waals surface area contributed by atoms with Gasteiger partial charge in [-0.15, -0.1) is 0 Å². The Hall–Kier alpha value is -8.98. The Balaban J connectivity index is 1.25. The highest BCUT2D eigenvalue weighted by atomic mass is 15.2. The summed E-state index contributed by atoms with van der Waals surface area (Å²) in [6.45, 7) is 0. The number of rotatable bonds is 10. The van der Waals surface area contributed by atoms with Crippen molar-refractivity contribution in [3.8, 4) is 44.5 Å². The van der Waals surface area contributed by atoms with Gasteiger partial charge in [0.1, 0.15) is 0 Å². The van der Waals surface area contributed by atoms with Gasteiger partial charge >= 0.3 is 0 Å². The summed E-state index contributed by atoms with van der Waals surface area (Å²) in [5.74, 6) is 0.